The van der Waals surface area contributed by atoms with Crippen LogP contribution < -0.4 is 5.32 Å². The van der Waals surface area contributed by atoms with Crippen LogP contribution in [0.1, 0.15) is 99.4 Å². The molecule has 26 heavy (non-hydrogen) atoms. The number of carbonyl (C=O) groups is 2. The zero-order valence-electron chi connectivity index (χ0n) is 17.1. The summed E-state index contributed by atoms with van der Waals surface area (Å²) in [6, 6.07) is 0. The first kappa shape index (κ1) is 22.7. The Hall–Kier alpha value is -1.36. The largest absolute Gasteiger partial charge is 0.459 e. The van der Waals surface area contributed by atoms with E-state index in [1.165, 1.54) is 49.9 Å². The van der Waals surface area contributed by atoms with Crippen LogP contribution in [0.25, 0.3) is 0 Å². The molecule has 1 aromatic rings. The van der Waals surface area contributed by atoms with Crippen LogP contribution in [0.5, 0.6) is 0 Å². The zero-order chi connectivity index (χ0) is 19.5. The summed E-state index contributed by atoms with van der Waals surface area (Å²) in [4.78, 5) is 25.6. The summed E-state index contributed by atoms with van der Waals surface area (Å²) < 4.78 is 5.32. The molecule has 0 aliphatic heterocycles. The second kappa shape index (κ2) is 12.1. The van der Waals surface area contributed by atoms with Crippen molar-refractivity contribution >= 4 is 28.2 Å². The van der Waals surface area contributed by atoms with Crippen LogP contribution in [-0.4, -0.2) is 18.0 Å². The van der Waals surface area contributed by atoms with E-state index >= 15 is 0 Å². The third kappa shape index (κ3) is 7.90. The lowest BCUT2D eigenvalue weighted by Gasteiger charge is -2.10. The Bertz CT molecular complexity index is 578. The molecule has 0 radical (unpaired) electrons. The lowest BCUT2D eigenvalue weighted by Crippen LogP contribution is -2.16. The molecule has 1 N–H and O–H groups in total. The smallest absolute Gasteiger partial charge is 0.341 e. The third-order valence-corrected chi connectivity index (χ3v) is 5.57. The molecule has 0 spiro atoms. The maximum absolute atomic E-state index is 12.3. The predicted molar refractivity (Wildman–Crippen MR) is 110 cm³/mol. The van der Waals surface area contributed by atoms with Crippen molar-refractivity contribution in [3.63, 3.8) is 0 Å². The Kier molecular flexibility index (Phi) is 10.6. The van der Waals surface area contributed by atoms with Crippen molar-refractivity contribution in [1.82, 2.24) is 0 Å². The van der Waals surface area contributed by atoms with E-state index in [1.54, 1.807) is 0 Å². The van der Waals surface area contributed by atoms with E-state index in [2.05, 4.69) is 12.2 Å². The van der Waals surface area contributed by atoms with E-state index in [4.69, 9.17) is 4.74 Å². The molecule has 0 bridgehead atoms. The van der Waals surface area contributed by atoms with E-state index < -0.39 is 0 Å². The number of esters is 1. The predicted octanol–water partition coefficient (Wildman–Crippen LogP) is 6.40. The molecule has 1 amide bonds. The van der Waals surface area contributed by atoms with Gasteiger partial charge >= 0.3 is 5.97 Å². The second-order valence-electron chi connectivity index (χ2n) is 7.21. The van der Waals surface area contributed by atoms with Crippen molar-refractivity contribution in [1.29, 1.82) is 0 Å². The molecular formula is C21H35NO3S. The number of aryl methyl sites for hydroxylation is 1. The quantitative estimate of drug-likeness (QED) is 0.337. The van der Waals surface area contributed by atoms with Crippen LogP contribution in [0.15, 0.2) is 0 Å². The molecule has 0 atom stereocenters. The molecule has 0 fully saturated rings. The fourth-order valence-electron chi connectivity index (χ4n) is 2.84. The van der Waals surface area contributed by atoms with E-state index in [0.717, 1.165) is 23.3 Å². The number of ether oxygens (including phenoxy) is 1. The zero-order valence-corrected chi connectivity index (χ0v) is 17.9. The minimum absolute atomic E-state index is 0.0178. The molecule has 0 unspecified atom stereocenters. The van der Waals surface area contributed by atoms with Crippen molar-refractivity contribution in [3.8, 4) is 0 Å². The number of anilines is 1. The number of hydrogen-bond donors (Lipinski definition) is 1. The second-order valence-corrected chi connectivity index (χ2v) is 8.44. The van der Waals surface area contributed by atoms with E-state index in [-0.39, 0.29) is 18.0 Å². The summed E-state index contributed by atoms with van der Waals surface area (Å²) in [6.45, 7) is 9.74. The van der Waals surface area contributed by atoms with Gasteiger partial charge in [0.1, 0.15) is 5.00 Å². The van der Waals surface area contributed by atoms with Crippen LogP contribution in [0, 0.1) is 13.8 Å². The van der Waals surface area contributed by atoms with Gasteiger partial charge in [0.15, 0.2) is 0 Å². The minimum Gasteiger partial charge on any atom is -0.459 e. The van der Waals surface area contributed by atoms with Gasteiger partial charge < -0.3 is 10.1 Å². The first-order chi connectivity index (χ1) is 12.4. The van der Waals surface area contributed by atoms with Gasteiger partial charge in [-0.2, -0.15) is 0 Å². The van der Waals surface area contributed by atoms with Gasteiger partial charge in [-0.25, -0.2) is 4.79 Å². The number of amides is 1. The number of rotatable bonds is 12. The van der Waals surface area contributed by atoms with Crippen molar-refractivity contribution in [3.05, 3.63) is 16.0 Å². The Morgan fingerprint density at radius 2 is 1.58 bits per heavy atom. The average Bonchev–Trinajstić information content (AvgIpc) is 2.83. The Morgan fingerprint density at radius 1 is 1.00 bits per heavy atom. The van der Waals surface area contributed by atoms with Gasteiger partial charge in [-0.15, -0.1) is 11.3 Å². The van der Waals surface area contributed by atoms with Crippen LogP contribution >= 0.6 is 11.3 Å². The van der Waals surface area contributed by atoms with Crippen molar-refractivity contribution < 1.29 is 14.3 Å². The van der Waals surface area contributed by atoms with Gasteiger partial charge in [-0.05, 0) is 39.7 Å². The SMILES string of the molecule is CCCCCCCCCCC(=O)Nc1sc(C)c(C)c1C(=O)OC(C)C. The number of carbonyl (C=O) groups excluding carboxylic acids is 2. The number of thiophene rings is 1. The Balaban J connectivity index is 2.44. The van der Waals surface area contributed by atoms with E-state index in [1.807, 2.05) is 27.7 Å². The highest BCUT2D eigenvalue weighted by Gasteiger charge is 2.22. The van der Waals surface area contributed by atoms with Gasteiger partial charge in [-0.1, -0.05) is 51.9 Å². The van der Waals surface area contributed by atoms with Crippen molar-refractivity contribution in [2.75, 3.05) is 5.32 Å². The maximum atomic E-state index is 12.3. The molecule has 1 heterocycles. The highest BCUT2D eigenvalue weighted by Crippen LogP contribution is 2.33. The first-order valence-corrected chi connectivity index (χ1v) is 10.8. The summed E-state index contributed by atoms with van der Waals surface area (Å²) in [5.41, 5.74) is 1.40. The molecule has 148 valence electrons. The molecule has 0 saturated heterocycles. The van der Waals surface area contributed by atoms with Gasteiger partial charge in [0.05, 0.1) is 11.7 Å². The minimum atomic E-state index is -0.357. The van der Waals surface area contributed by atoms with Gasteiger partial charge in [0.25, 0.3) is 0 Å². The van der Waals surface area contributed by atoms with Crippen LogP contribution in [0.3, 0.4) is 0 Å². The molecule has 0 aromatic carbocycles. The van der Waals surface area contributed by atoms with Crippen LogP contribution in [-0.2, 0) is 9.53 Å². The molecular weight excluding hydrogens is 346 g/mol. The van der Waals surface area contributed by atoms with E-state index in [0.29, 0.717) is 17.0 Å². The van der Waals surface area contributed by atoms with Gasteiger partial charge in [0.2, 0.25) is 5.91 Å². The molecule has 4 nitrogen and oxygen atoms in total. The molecule has 0 saturated carbocycles. The number of hydrogen-bond acceptors (Lipinski definition) is 4. The van der Waals surface area contributed by atoms with Crippen LogP contribution in [0.4, 0.5) is 5.00 Å². The lowest BCUT2D eigenvalue weighted by atomic mass is 10.1. The summed E-state index contributed by atoms with van der Waals surface area (Å²) in [6.07, 6.45) is 9.98. The molecule has 0 aliphatic carbocycles. The van der Waals surface area contributed by atoms with Crippen molar-refractivity contribution in [2.45, 2.75) is 98.5 Å². The highest BCUT2D eigenvalue weighted by atomic mass is 32.1. The lowest BCUT2D eigenvalue weighted by molar-refractivity contribution is -0.116. The van der Waals surface area contributed by atoms with Crippen molar-refractivity contribution in [2.24, 2.45) is 0 Å². The summed E-state index contributed by atoms with van der Waals surface area (Å²) in [7, 11) is 0. The van der Waals surface area contributed by atoms with Gasteiger partial charge in [0, 0.05) is 11.3 Å². The molecule has 0 aliphatic rings. The average molecular weight is 382 g/mol. The molecule has 1 rings (SSSR count). The fourth-order valence-corrected chi connectivity index (χ4v) is 3.91. The summed E-state index contributed by atoms with van der Waals surface area (Å²) in [5.74, 6) is -0.375. The fraction of sp³-hybridized carbons (Fsp3) is 0.714. The van der Waals surface area contributed by atoms with Crippen LogP contribution in [0.2, 0.25) is 0 Å². The number of nitrogens with one attached hydrogen (secondary N) is 1. The standard InChI is InChI=1S/C21H35NO3S/c1-6-7-8-9-10-11-12-13-14-18(23)22-20-19(16(4)17(5)26-20)21(24)25-15(2)3/h15H,6-14H2,1-5H3,(H,22,23). The normalized spacial score (nSPS) is 11.0. The van der Waals surface area contributed by atoms with Gasteiger partial charge in [-0.3, -0.25) is 4.79 Å². The van der Waals surface area contributed by atoms with E-state index in [9.17, 15) is 9.59 Å². The maximum Gasteiger partial charge on any atom is 0.341 e. The Morgan fingerprint density at radius 3 is 2.15 bits per heavy atom. The highest BCUT2D eigenvalue weighted by molar-refractivity contribution is 7.16. The molecule has 5 heteroatoms. The summed E-state index contributed by atoms with van der Waals surface area (Å²) in [5, 5.41) is 3.54. The summed E-state index contributed by atoms with van der Waals surface area (Å²) >= 11 is 1.45. The topological polar surface area (TPSA) is 55.4 Å². The third-order valence-electron chi connectivity index (χ3n) is 4.44. The number of unbranched alkanes of at least 4 members (excludes halogenated alkanes) is 7. The monoisotopic (exact) mass is 381 g/mol. The Labute approximate surface area is 162 Å². The first-order valence-electron chi connectivity index (χ1n) is 9.97. The molecule has 1 aromatic heterocycles.